The number of rotatable bonds is 0. The van der Waals surface area contributed by atoms with Gasteiger partial charge in [-0.05, 0) is 297 Å². The first-order chi connectivity index (χ1) is 65.2. The Hall–Kier alpha value is -8.55. The first-order valence-electron chi connectivity index (χ1n) is 55.6. The molecule has 11 heterocycles. The van der Waals surface area contributed by atoms with Crippen LogP contribution in [0.3, 0.4) is 0 Å². The van der Waals surface area contributed by atoms with Crippen molar-refractivity contribution in [2.24, 2.45) is 0 Å². The van der Waals surface area contributed by atoms with Crippen LogP contribution in [0.4, 0.5) is 0 Å². The van der Waals surface area contributed by atoms with Crippen LogP contribution in [0, 0.1) is 0 Å². The Morgan fingerprint density at radius 1 is 0.238 bits per heavy atom. The minimum atomic E-state index is 0.0217. The fourth-order valence-electron chi connectivity index (χ4n) is 20.1. The molecule has 0 amide bonds. The van der Waals surface area contributed by atoms with E-state index in [0.29, 0.717) is 0 Å². The highest BCUT2D eigenvalue weighted by atomic mass is 15.2. The first kappa shape index (κ1) is 124. The van der Waals surface area contributed by atoms with Gasteiger partial charge in [-0.1, -0.05) is 309 Å². The SMILES string of the molecule is CC(C)(C)c1cc2c(n1C(C)(C)C)CCN(C(C)(C)C)C2.CC(C)(C)c1ccc2c(c1)cc(C(C)(C)C)n2C(C)(C)C.CC(C)(C)c1ccc2c(c1)nc(C(C)(C)C)n2C(C)(C)C.CC(C)(C)c1ccc2c(cc(C(C)(C)C)n2C(C)(C)C)n1.CC(C)(C)c1ccc2nc(C(C)(C)C)n(C(C)(C)C)c2c1.CC(C)(C)c1ccn2c(C(C)(C)C)c(C(C)(C)C)nc2c1.CC(C)(C)c1cnc2c(c1)cc(C(C)(C)C)n2C(C)(C)C. The highest BCUT2D eigenvalue weighted by Gasteiger charge is 2.40. The van der Waals surface area contributed by atoms with Gasteiger partial charge in [0, 0.05) is 170 Å². The van der Waals surface area contributed by atoms with Gasteiger partial charge in [0.05, 0.1) is 44.5 Å². The van der Waals surface area contributed by atoms with E-state index >= 15 is 0 Å². The molecule has 13 nitrogen and oxygen atoms in total. The summed E-state index contributed by atoms with van der Waals surface area (Å²) in [5.74, 6) is 2.33. The first-order valence-corrected chi connectivity index (χ1v) is 55.6. The number of pyridine rings is 3. The van der Waals surface area contributed by atoms with Crippen LogP contribution in [0.1, 0.15) is 527 Å². The molecule has 0 unspecified atom stereocenters. The molecular weight excluding hydrogens is 1790 g/mol. The maximum absolute atomic E-state index is 4.99. The maximum Gasteiger partial charge on any atom is 0.140 e. The van der Waals surface area contributed by atoms with Gasteiger partial charge in [0.1, 0.15) is 22.9 Å². The summed E-state index contributed by atoms with van der Waals surface area (Å²) in [5, 5.41) is 2.62. The summed E-state index contributed by atoms with van der Waals surface area (Å²) >= 11 is 0. The van der Waals surface area contributed by atoms with Crippen LogP contribution >= 0.6 is 0 Å². The fraction of sp³-hybridized carbons (Fsp3) is 0.649. The van der Waals surface area contributed by atoms with E-state index in [1.54, 1.807) is 5.69 Å². The molecule has 816 valence electrons. The molecule has 0 bridgehead atoms. The van der Waals surface area contributed by atoms with Crippen molar-refractivity contribution in [3.8, 4) is 0 Å². The minimum Gasteiger partial charge on any atom is -0.343 e. The third-order valence-corrected chi connectivity index (χ3v) is 28.1. The standard InChI is InChI=1S/C20H31N.C19H30N2.C19H34N2.4C19H30N2/c1-18(2,3)15-10-11-16-14(12-15)13-17(19(4,5)6)21(16)20(7,8)9;1-17(2,3)14-10-13-11-15(18(4,5)6)21(19(7,8)9)16(13)20-12-14;1-17(2,3)16-12-14-13-20(18(4,5)6)11-10-15(14)21(16)19(7,8)9;1-17(2,3)15-11-10-14-13(20-15)12-16(18(4,5)6)21(14)19(7,8)9;1-17(2,3)13-10-11-21-14(12-13)20-15(18(4,5)6)16(21)19(7,8)9;1-17(2,3)13-10-11-15-14(12-13)20-16(18(4,5)6)21(15)19(7,8)9;1-17(2,3)13-10-11-14-15(12-13)21(19(7,8)9)16(20-14)18(4,5)6/h10-13H,1-9H3;10-12H,1-9H3;12H,10-11,13H2,1-9H3;4*10-12H,1-9H3. The summed E-state index contributed by atoms with van der Waals surface area (Å²) in [7, 11) is 0. The van der Waals surface area contributed by atoms with Crippen LogP contribution in [0.15, 0.2) is 122 Å². The highest BCUT2D eigenvalue weighted by Crippen LogP contribution is 2.46. The second-order valence-electron chi connectivity index (χ2n) is 64.7. The normalized spacial score (nSPS) is 14.5. The van der Waals surface area contributed by atoms with Gasteiger partial charge in [-0.25, -0.2) is 19.9 Å². The van der Waals surface area contributed by atoms with E-state index in [9.17, 15) is 0 Å². The molecule has 0 fully saturated rings. The predicted molar refractivity (Wildman–Crippen MR) is 646 cm³/mol. The van der Waals surface area contributed by atoms with Crippen molar-refractivity contribution in [1.29, 1.82) is 0 Å². The molecule has 10 aromatic heterocycles. The lowest BCUT2D eigenvalue weighted by molar-refractivity contribution is 0.118. The second-order valence-corrected chi connectivity index (χ2v) is 64.7. The molecule has 13 aromatic rings. The Morgan fingerprint density at radius 3 is 1.01 bits per heavy atom. The molecular formula is C134H215N13. The van der Waals surface area contributed by atoms with Crippen LogP contribution in [-0.4, -0.2) is 73.7 Å². The van der Waals surface area contributed by atoms with E-state index in [0.717, 1.165) is 51.7 Å². The second kappa shape index (κ2) is 40.8. The van der Waals surface area contributed by atoms with E-state index in [1.807, 2.05) is 6.20 Å². The zero-order chi connectivity index (χ0) is 114. The van der Waals surface area contributed by atoms with Crippen molar-refractivity contribution in [3.63, 3.8) is 0 Å². The fourth-order valence-corrected chi connectivity index (χ4v) is 20.1. The molecule has 147 heavy (non-hydrogen) atoms. The Balaban J connectivity index is 0.000000209. The zero-order valence-electron chi connectivity index (χ0n) is 106. The number of hydrogen-bond donors (Lipinski definition) is 0. The van der Waals surface area contributed by atoms with Crippen LogP contribution in [0.5, 0.6) is 0 Å². The number of aromatic nitrogens is 12. The third-order valence-electron chi connectivity index (χ3n) is 28.1. The summed E-state index contributed by atoms with van der Waals surface area (Å²) in [4.78, 5) is 27.3. The van der Waals surface area contributed by atoms with Gasteiger partial charge in [-0.15, -0.1) is 0 Å². The number of hydrogen-bond acceptors (Lipinski definition) is 6. The molecule has 14 rings (SSSR count). The molecule has 13 heteroatoms. The van der Waals surface area contributed by atoms with Gasteiger partial charge in [0.15, 0.2) is 0 Å². The lowest BCUT2D eigenvalue weighted by Crippen LogP contribution is -2.44. The summed E-state index contributed by atoms with van der Waals surface area (Å²) in [5.41, 5.74) is 31.9. The third kappa shape index (κ3) is 29.5. The number of nitrogens with zero attached hydrogens (tertiary/aromatic N) is 13. The molecule has 3 aromatic carbocycles. The van der Waals surface area contributed by atoms with Gasteiger partial charge in [-0.3, -0.25) is 9.88 Å². The van der Waals surface area contributed by atoms with Gasteiger partial charge >= 0.3 is 0 Å². The lowest BCUT2D eigenvalue weighted by atomic mass is 9.82. The van der Waals surface area contributed by atoms with Crippen molar-refractivity contribution in [2.45, 2.75) is 564 Å². The van der Waals surface area contributed by atoms with Gasteiger partial charge in [0.25, 0.3) is 0 Å². The number of imidazole rings is 3. The van der Waals surface area contributed by atoms with E-state index < -0.39 is 0 Å². The van der Waals surface area contributed by atoms with Crippen LogP contribution < -0.4 is 0 Å². The summed E-state index contributed by atoms with van der Waals surface area (Å²) < 4.78 is 17.1. The Kier molecular flexibility index (Phi) is 34.3. The molecule has 1 aliphatic heterocycles. The van der Waals surface area contributed by atoms with Crippen molar-refractivity contribution in [3.05, 3.63) is 212 Å². The van der Waals surface area contributed by atoms with Crippen LogP contribution in [0.25, 0.3) is 60.7 Å². The molecule has 0 N–H and O–H groups in total. The van der Waals surface area contributed by atoms with Gasteiger partial charge in [0.2, 0.25) is 0 Å². The van der Waals surface area contributed by atoms with Crippen molar-refractivity contribution >= 4 is 60.7 Å². The van der Waals surface area contributed by atoms with E-state index in [4.69, 9.17) is 24.9 Å². The molecule has 0 saturated heterocycles. The van der Waals surface area contributed by atoms with E-state index in [1.165, 1.54) is 113 Å². The van der Waals surface area contributed by atoms with Crippen molar-refractivity contribution in [2.75, 3.05) is 6.54 Å². The summed E-state index contributed by atoms with van der Waals surface area (Å²) in [6.07, 6.45) is 5.40. The van der Waals surface area contributed by atoms with Gasteiger partial charge in [-0.2, -0.15) is 0 Å². The van der Waals surface area contributed by atoms with E-state index in [2.05, 4.69) is 588 Å². The molecule has 0 atom stereocenters. The minimum absolute atomic E-state index is 0.0217. The smallest absolute Gasteiger partial charge is 0.140 e. The van der Waals surface area contributed by atoms with Crippen LogP contribution in [0.2, 0.25) is 0 Å². The average Bonchev–Trinajstić information content (AvgIpc) is 1.65. The van der Waals surface area contributed by atoms with Gasteiger partial charge < -0.3 is 31.8 Å². The molecule has 0 saturated carbocycles. The molecule has 0 spiro atoms. The van der Waals surface area contributed by atoms with Crippen molar-refractivity contribution in [1.82, 2.24) is 61.6 Å². The predicted octanol–water partition coefficient (Wildman–Crippen LogP) is 37.5. The summed E-state index contributed by atoms with van der Waals surface area (Å²) in [6.45, 7) is 145. The maximum atomic E-state index is 4.99. The zero-order valence-corrected chi connectivity index (χ0v) is 106. The largest absolute Gasteiger partial charge is 0.343 e. The molecule has 1 aliphatic rings. The highest BCUT2D eigenvalue weighted by molar-refractivity contribution is 5.84. The Morgan fingerprint density at radius 2 is 0.599 bits per heavy atom. The number of fused-ring (bicyclic) bond motifs is 7. The Bertz CT molecular complexity index is 6020. The number of benzene rings is 3. The average molecular weight is 2010 g/mol. The van der Waals surface area contributed by atoms with Crippen molar-refractivity contribution < 1.29 is 0 Å². The summed E-state index contributed by atoms with van der Waals surface area (Å²) in [6, 6.07) is 41.1. The molecule has 0 aliphatic carbocycles. The molecule has 0 radical (unpaired) electrons. The van der Waals surface area contributed by atoms with E-state index in [-0.39, 0.29) is 115 Å². The monoisotopic (exact) mass is 2010 g/mol. The van der Waals surface area contributed by atoms with Crippen LogP contribution in [-0.2, 0) is 122 Å². The quantitative estimate of drug-likeness (QED) is 0.150. The lowest BCUT2D eigenvalue weighted by Gasteiger charge is -2.40. The Labute approximate surface area is 898 Å². The topological polar surface area (TPSA) is 102 Å².